The van der Waals surface area contributed by atoms with Crippen molar-refractivity contribution in [1.29, 1.82) is 0 Å². The fraction of sp³-hybridized carbons (Fsp3) is 0.478. The smallest absolute Gasteiger partial charge is 0.256 e. The van der Waals surface area contributed by atoms with Gasteiger partial charge >= 0.3 is 0 Å². The molecule has 4 nitrogen and oxygen atoms in total. The van der Waals surface area contributed by atoms with E-state index in [0.29, 0.717) is 22.0 Å². The van der Waals surface area contributed by atoms with Crippen LogP contribution in [0.15, 0.2) is 24.3 Å². The summed E-state index contributed by atoms with van der Waals surface area (Å²) in [4.78, 5) is 26.1. The Morgan fingerprint density at radius 2 is 1.89 bits per heavy atom. The molecule has 0 saturated heterocycles. The zero-order chi connectivity index (χ0) is 20.5. The van der Waals surface area contributed by atoms with E-state index < -0.39 is 5.91 Å². The summed E-state index contributed by atoms with van der Waals surface area (Å²) in [6.45, 7) is 8.63. The number of benzene rings is 1. The largest absolute Gasteiger partial charge is 0.365 e. The third-order valence-electron chi connectivity index (χ3n) is 5.55. The van der Waals surface area contributed by atoms with E-state index in [1.807, 2.05) is 24.3 Å². The fourth-order valence-electron chi connectivity index (χ4n) is 3.95. The molecule has 2 amide bonds. The molecule has 5 heteroatoms. The van der Waals surface area contributed by atoms with Gasteiger partial charge in [-0.15, -0.1) is 11.3 Å². The van der Waals surface area contributed by atoms with Gasteiger partial charge in [0.05, 0.1) is 5.56 Å². The number of thiophene rings is 1. The molecule has 0 unspecified atom stereocenters. The number of nitrogens with two attached hydrogens (primary N) is 1. The van der Waals surface area contributed by atoms with Crippen LogP contribution in [0.1, 0.15) is 83.7 Å². The molecule has 1 aliphatic rings. The number of nitrogens with one attached hydrogen (secondary N) is 1. The number of rotatable bonds is 5. The molecule has 0 spiro atoms. The van der Waals surface area contributed by atoms with Crippen LogP contribution in [-0.4, -0.2) is 11.8 Å². The minimum atomic E-state index is -0.454. The van der Waals surface area contributed by atoms with Crippen LogP contribution in [0.3, 0.4) is 0 Å². The van der Waals surface area contributed by atoms with Gasteiger partial charge < -0.3 is 11.1 Å². The van der Waals surface area contributed by atoms with E-state index in [4.69, 9.17) is 5.73 Å². The maximum Gasteiger partial charge on any atom is 0.256 e. The quantitative estimate of drug-likeness (QED) is 0.717. The predicted octanol–water partition coefficient (Wildman–Crippen LogP) is 5.30. The van der Waals surface area contributed by atoms with Crippen LogP contribution in [0.4, 0.5) is 5.00 Å². The molecule has 0 radical (unpaired) electrons. The zero-order valence-electron chi connectivity index (χ0n) is 17.2. The van der Waals surface area contributed by atoms with Crippen LogP contribution >= 0.6 is 11.3 Å². The lowest BCUT2D eigenvalue weighted by molar-refractivity contribution is 0.1000. The topological polar surface area (TPSA) is 72.2 Å². The molecular weight excluding hydrogens is 368 g/mol. The minimum absolute atomic E-state index is 0.0377. The van der Waals surface area contributed by atoms with Crippen LogP contribution in [0.2, 0.25) is 0 Å². The van der Waals surface area contributed by atoms with Crippen LogP contribution in [0.25, 0.3) is 0 Å². The third-order valence-corrected chi connectivity index (χ3v) is 6.72. The fourth-order valence-corrected chi connectivity index (χ4v) is 5.32. The Morgan fingerprint density at radius 1 is 1.21 bits per heavy atom. The van der Waals surface area contributed by atoms with E-state index >= 15 is 0 Å². The Hall–Kier alpha value is -2.14. The standard InChI is InChI=1S/C23H30N2O2S/c1-5-6-14-7-12-17-18(13-14)28-22(19(17)20(24)26)25-21(27)15-8-10-16(11-9-15)23(2,3)4/h8-11,14H,5-7,12-13H2,1-4H3,(H2,24,26)(H,25,27)/t14-/m1/s1. The summed E-state index contributed by atoms with van der Waals surface area (Å²) in [7, 11) is 0. The Kier molecular flexibility index (Phi) is 5.94. The van der Waals surface area contributed by atoms with Crippen LogP contribution in [0.5, 0.6) is 0 Å². The first-order valence-electron chi connectivity index (χ1n) is 10.1. The van der Waals surface area contributed by atoms with Crippen molar-refractivity contribution in [3.8, 4) is 0 Å². The van der Waals surface area contributed by atoms with Gasteiger partial charge in [-0.1, -0.05) is 52.7 Å². The summed E-state index contributed by atoms with van der Waals surface area (Å²) in [5.41, 5.74) is 9.02. The third kappa shape index (κ3) is 4.30. The van der Waals surface area contributed by atoms with Gasteiger partial charge in [-0.05, 0) is 53.9 Å². The van der Waals surface area contributed by atoms with Crippen molar-refractivity contribution in [3.63, 3.8) is 0 Å². The molecule has 1 heterocycles. The highest BCUT2D eigenvalue weighted by atomic mass is 32.1. The second-order valence-corrected chi connectivity index (χ2v) is 9.86. The molecule has 0 aliphatic heterocycles. The molecular formula is C23H30N2O2S. The van der Waals surface area contributed by atoms with E-state index in [1.54, 1.807) is 0 Å². The molecule has 1 aliphatic carbocycles. The van der Waals surface area contributed by atoms with Crippen LogP contribution in [0, 0.1) is 5.92 Å². The van der Waals surface area contributed by atoms with Gasteiger partial charge in [0.15, 0.2) is 0 Å². The van der Waals surface area contributed by atoms with Gasteiger partial charge in [0, 0.05) is 10.4 Å². The highest BCUT2D eigenvalue weighted by Gasteiger charge is 2.28. The number of primary amides is 1. The molecule has 3 rings (SSSR count). The molecule has 28 heavy (non-hydrogen) atoms. The molecule has 3 N–H and O–H groups in total. The maximum absolute atomic E-state index is 12.8. The molecule has 0 fully saturated rings. The molecule has 0 saturated carbocycles. The Balaban J connectivity index is 1.84. The molecule has 1 aromatic carbocycles. The summed E-state index contributed by atoms with van der Waals surface area (Å²) in [6.07, 6.45) is 5.29. The van der Waals surface area contributed by atoms with Gasteiger partial charge in [0.2, 0.25) is 0 Å². The van der Waals surface area contributed by atoms with E-state index in [2.05, 4.69) is 33.0 Å². The number of fused-ring (bicyclic) bond motifs is 1. The van der Waals surface area contributed by atoms with Crippen molar-refractivity contribution >= 4 is 28.2 Å². The average molecular weight is 399 g/mol. The lowest BCUT2D eigenvalue weighted by Crippen LogP contribution is -2.20. The number of anilines is 1. The van der Waals surface area contributed by atoms with Crippen molar-refractivity contribution in [2.75, 3.05) is 5.32 Å². The summed E-state index contributed by atoms with van der Waals surface area (Å²) in [5, 5.41) is 3.55. The average Bonchev–Trinajstić information content (AvgIpc) is 2.98. The van der Waals surface area contributed by atoms with E-state index in [1.165, 1.54) is 34.6 Å². The van der Waals surface area contributed by atoms with Gasteiger partial charge in [0.25, 0.3) is 11.8 Å². The number of amides is 2. The second-order valence-electron chi connectivity index (χ2n) is 8.75. The zero-order valence-corrected chi connectivity index (χ0v) is 18.0. The van der Waals surface area contributed by atoms with Crippen molar-refractivity contribution < 1.29 is 9.59 Å². The monoisotopic (exact) mass is 398 g/mol. The SMILES string of the molecule is CCC[C@@H]1CCc2c(sc(NC(=O)c3ccc(C(C)(C)C)cc3)c2C(N)=O)C1. The Labute approximate surface area is 171 Å². The van der Waals surface area contributed by atoms with Crippen LogP contribution < -0.4 is 11.1 Å². The Bertz CT molecular complexity index is 875. The number of hydrogen-bond donors (Lipinski definition) is 2. The van der Waals surface area contributed by atoms with Gasteiger partial charge in [-0.25, -0.2) is 0 Å². The lowest BCUT2D eigenvalue weighted by atomic mass is 9.84. The van der Waals surface area contributed by atoms with Gasteiger partial charge in [-0.3, -0.25) is 9.59 Å². The van der Waals surface area contributed by atoms with E-state index in [0.717, 1.165) is 24.8 Å². The van der Waals surface area contributed by atoms with Crippen molar-refractivity contribution in [1.82, 2.24) is 0 Å². The first kappa shape index (κ1) is 20.6. The normalized spacial score (nSPS) is 16.5. The molecule has 0 bridgehead atoms. The lowest BCUT2D eigenvalue weighted by Gasteiger charge is -2.21. The van der Waals surface area contributed by atoms with Gasteiger partial charge in [0.1, 0.15) is 5.00 Å². The highest BCUT2D eigenvalue weighted by Crippen LogP contribution is 2.40. The maximum atomic E-state index is 12.8. The second kappa shape index (κ2) is 8.08. The van der Waals surface area contributed by atoms with E-state index in [9.17, 15) is 9.59 Å². The minimum Gasteiger partial charge on any atom is -0.365 e. The van der Waals surface area contributed by atoms with Gasteiger partial charge in [-0.2, -0.15) is 0 Å². The summed E-state index contributed by atoms with van der Waals surface area (Å²) >= 11 is 1.52. The van der Waals surface area contributed by atoms with E-state index in [-0.39, 0.29) is 11.3 Å². The molecule has 1 aromatic heterocycles. The first-order valence-corrected chi connectivity index (χ1v) is 10.9. The van der Waals surface area contributed by atoms with Crippen molar-refractivity contribution in [2.24, 2.45) is 11.7 Å². The molecule has 2 aromatic rings. The predicted molar refractivity (Wildman–Crippen MR) is 116 cm³/mol. The molecule has 1 atom stereocenters. The number of carbonyl (C=O) groups is 2. The van der Waals surface area contributed by atoms with Crippen molar-refractivity contribution in [2.45, 2.75) is 65.2 Å². The number of carbonyl (C=O) groups excluding carboxylic acids is 2. The summed E-state index contributed by atoms with van der Waals surface area (Å²) < 4.78 is 0. The number of hydrogen-bond acceptors (Lipinski definition) is 3. The molecule has 150 valence electrons. The Morgan fingerprint density at radius 3 is 2.46 bits per heavy atom. The highest BCUT2D eigenvalue weighted by molar-refractivity contribution is 7.17. The van der Waals surface area contributed by atoms with Crippen LogP contribution in [-0.2, 0) is 18.3 Å². The first-order chi connectivity index (χ1) is 13.2. The summed E-state index contributed by atoms with van der Waals surface area (Å²) in [6, 6.07) is 7.65. The summed E-state index contributed by atoms with van der Waals surface area (Å²) in [5.74, 6) is 0.00172. The van der Waals surface area contributed by atoms with Crippen molar-refractivity contribution in [3.05, 3.63) is 51.4 Å².